The molecule has 1 aromatic heterocycles. The summed E-state index contributed by atoms with van der Waals surface area (Å²) in [5.41, 5.74) is 0.633. The molecular weight excluding hydrogens is 262 g/mol. The number of nitrogens with one attached hydrogen (secondary N) is 1. The molecule has 5 heteroatoms. The molecule has 1 aromatic carbocycles. The van der Waals surface area contributed by atoms with E-state index in [4.69, 9.17) is 4.74 Å². The van der Waals surface area contributed by atoms with E-state index in [1.165, 1.54) is 7.11 Å². The van der Waals surface area contributed by atoms with Crippen molar-refractivity contribution in [3.63, 3.8) is 0 Å². The molecule has 2 rings (SSSR count). The minimum absolute atomic E-state index is 0.521. The zero-order valence-corrected chi connectivity index (χ0v) is 11.3. The maximum absolute atomic E-state index is 11.4. The van der Waals surface area contributed by atoms with Crippen LogP contribution < -0.4 is 10.1 Å². The number of aliphatic carboxylic acids is 1. The van der Waals surface area contributed by atoms with Crippen LogP contribution in [0.5, 0.6) is 5.75 Å². The molecule has 0 bridgehead atoms. The summed E-state index contributed by atoms with van der Waals surface area (Å²) in [4.78, 5) is 12.5. The van der Waals surface area contributed by atoms with Crippen molar-refractivity contribution in [2.45, 2.75) is 12.6 Å². The Bertz CT molecular complexity index is 539. The van der Waals surface area contributed by atoms with Crippen LogP contribution in [0.25, 0.3) is 0 Å². The number of hydrogen-bond acceptors (Lipinski definition) is 4. The van der Waals surface area contributed by atoms with Gasteiger partial charge in [0.25, 0.3) is 0 Å². The minimum atomic E-state index is -0.916. The highest BCUT2D eigenvalue weighted by Gasteiger charge is 2.22. The van der Waals surface area contributed by atoms with E-state index in [1.54, 1.807) is 29.5 Å². The smallest absolute Gasteiger partial charge is 0.325 e. The largest absolute Gasteiger partial charge is 0.496 e. The van der Waals surface area contributed by atoms with Crippen molar-refractivity contribution in [2.75, 3.05) is 7.11 Å². The third kappa shape index (κ3) is 3.33. The monoisotopic (exact) mass is 277 g/mol. The van der Waals surface area contributed by atoms with Crippen LogP contribution in [0.3, 0.4) is 0 Å². The predicted molar refractivity (Wildman–Crippen MR) is 74.5 cm³/mol. The Morgan fingerprint density at radius 1 is 1.37 bits per heavy atom. The molecule has 2 N–H and O–H groups in total. The van der Waals surface area contributed by atoms with Gasteiger partial charge in [0, 0.05) is 17.0 Å². The lowest BCUT2D eigenvalue weighted by Crippen LogP contribution is -2.28. The summed E-state index contributed by atoms with van der Waals surface area (Å²) in [5.74, 6) is -0.338. The number of ether oxygens (including phenoxy) is 1. The average molecular weight is 277 g/mol. The molecule has 0 radical (unpaired) electrons. The van der Waals surface area contributed by atoms with Crippen molar-refractivity contribution in [3.8, 4) is 5.75 Å². The summed E-state index contributed by atoms with van der Waals surface area (Å²) in [5, 5.41) is 14.4. The summed E-state index contributed by atoms with van der Waals surface area (Å²) >= 11 is 1.60. The fourth-order valence-electron chi connectivity index (χ4n) is 1.85. The van der Waals surface area contributed by atoms with Crippen molar-refractivity contribution in [1.29, 1.82) is 0 Å². The molecule has 1 atom stereocenters. The van der Waals surface area contributed by atoms with E-state index >= 15 is 0 Å². The highest BCUT2D eigenvalue weighted by Crippen LogP contribution is 2.25. The first kappa shape index (κ1) is 13.6. The first-order chi connectivity index (χ1) is 9.22. The van der Waals surface area contributed by atoms with E-state index in [9.17, 15) is 9.90 Å². The summed E-state index contributed by atoms with van der Waals surface area (Å²) in [6, 6.07) is 10.3. The van der Waals surface area contributed by atoms with E-state index in [1.807, 2.05) is 23.6 Å². The van der Waals surface area contributed by atoms with Crippen LogP contribution in [-0.2, 0) is 11.3 Å². The predicted octanol–water partition coefficient (Wildman–Crippen LogP) is 2.67. The number of benzene rings is 1. The Hall–Kier alpha value is -1.85. The van der Waals surface area contributed by atoms with E-state index in [2.05, 4.69) is 5.32 Å². The van der Waals surface area contributed by atoms with E-state index in [0.717, 1.165) is 4.88 Å². The van der Waals surface area contributed by atoms with E-state index in [-0.39, 0.29) is 0 Å². The first-order valence-electron chi connectivity index (χ1n) is 5.84. The fraction of sp³-hybridized carbons (Fsp3) is 0.214. The van der Waals surface area contributed by atoms with E-state index < -0.39 is 12.0 Å². The van der Waals surface area contributed by atoms with Crippen LogP contribution in [-0.4, -0.2) is 18.2 Å². The number of methoxy groups -OCH3 is 1. The first-order valence-corrected chi connectivity index (χ1v) is 6.72. The quantitative estimate of drug-likeness (QED) is 0.852. The van der Waals surface area contributed by atoms with Gasteiger partial charge in [0.2, 0.25) is 0 Å². The molecule has 0 amide bonds. The second-order valence-electron chi connectivity index (χ2n) is 3.97. The lowest BCUT2D eigenvalue weighted by atomic mass is 10.1. The molecule has 0 spiro atoms. The van der Waals surface area contributed by atoms with Gasteiger partial charge in [0.15, 0.2) is 0 Å². The topological polar surface area (TPSA) is 58.6 Å². The zero-order valence-electron chi connectivity index (χ0n) is 10.5. The van der Waals surface area contributed by atoms with Crippen LogP contribution in [0.1, 0.15) is 16.5 Å². The Labute approximate surface area is 115 Å². The van der Waals surface area contributed by atoms with Crippen molar-refractivity contribution >= 4 is 17.3 Å². The van der Waals surface area contributed by atoms with Crippen molar-refractivity contribution in [2.24, 2.45) is 0 Å². The van der Waals surface area contributed by atoms with E-state index in [0.29, 0.717) is 17.9 Å². The second-order valence-corrected chi connectivity index (χ2v) is 5.01. The van der Waals surface area contributed by atoms with Gasteiger partial charge in [0.1, 0.15) is 11.8 Å². The number of thiophene rings is 1. The zero-order chi connectivity index (χ0) is 13.7. The molecule has 4 nitrogen and oxygen atoms in total. The summed E-state index contributed by atoms with van der Waals surface area (Å²) in [7, 11) is 1.54. The highest BCUT2D eigenvalue weighted by molar-refractivity contribution is 7.09. The maximum atomic E-state index is 11.4. The molecule has 0 aliphatic rings. The van der Waals surface area contributed by atoms with Crippen LogP contribution in [0.2, 0.25) is 0 Å². The summed E-state index contributed by atoms with van der Waals surface area (Å²) < 4.78 is 5.21. The van der Waals surface area contributed by atoms with Gasteiger partial charge >= 0.3 is 5.97 Å². The normalized spacial score (nSPS) is 12.1. The molecule has 2 aromatic rings. The number of carboxylic acids is 1. The Morgan fingerprint density at radius 2 is 2.16 bits per heavy atom. The molecule has 0 fully saturated rings. The number of rotatable bonds is 6. The lowest BCUT2D eigenvalue weighted by Gasteiger charge is -2.17. The number of carboxylic acid groups (broad SMARTS) is 1. The molecule has 19 heavy (non-hydrogen) atoms. The fourth-order valence-corrected chi connectivity index (χ4v) is 2.51. The van der Waals surface area contributed by atoms with Crippen LogP contribution >= 0.6 is 11.3 Å². The van der Waals surface area contributed by atoms with Gasteiger partial charge in [-0.25, -0.2) is 0 Å². The van der Waals surface area contributed by atoms with Gasteiger partial charge in [0.05, 0.1) is 7.11 Å². The molecule has 0 aliphatic heterocycles. The van der Waals surface area contributed by atoms with Gasteiger partial charge in [-0.05, 0) is 17.5 Å². The van der Waals surface area contributed by atoms with Crippen molar-refractivity contribution < 1.29 is 14.6 Å². The standard InChI is InChI=1S/C14H15NO3S/c1-18-12-7-3-2-6-11(12)13(14(16)17)15-9-10-5-4-8-19-10/h2-8,13,15H,9H2,1H3,(H,16,17). The molecule has 1 heterocycles. The number of carbonyl (C=O) groups is 1. The molecule has 0 saturated carbocycles. The molecule has 0 saturated heterocycles. The second kappa shape index (κ2) is 6.36. The third-order valence-electron chi connectivity index (χ3n) is 2.76. The number of para-hydroxylation sites is 1. The molecule has 1 unspecified atom stereocenters. The molecule has 100 valence electrons. The van der Waals surface area contributed by atoms with Crippen molar-refractivity contribution in [1.82, 2.24) is 5.32 Å². The van der Waals surface area contributed by atoms with Crippen LogP contribution in [0, 0.1) is 0 Å². The van der Waals surface area contributed by atoms with Gasteiger partial charge in [-0.15, -0.1) is 11.3 Å². The Kier molecular flexibility index (Phi) is 4.54. The summed E-state index contributed by atoms with van der Waals surface area (Å²) in [6.07, 6.45) is 0. The minimum Gasteiger partial charge on any atom is -0.496 e. The summed E-state index contributed by atoms with van der Waals surface area (Å²) in [6.45, 7) is 0.521. The maximum Gasteiger partial charge on any atom is 0.325 e. The number of hydrogen-bond donors (Lipinski definition) is 2. The lowest BCUT2D eigenvalue weighted by molar-refractivity contribution is -0.139. The van der Waals surface area contributed by atoms with Crippen LogP contribution in [0.4, 0.5) is 0 Å². The van der Waals surface area contributed by atoms with Gasteiger partial charge in [-0.3, -0.25) is 10.1 Å². The average Bonchev–Trinajstić information content (AvgIpc) is 2.92. The molecular formula is C14H15NO3S. The third-order valence-corrected chi connectivity index (χ3v) is 3.63. The molecule has 0 aliphatic carbocycles. The Morgan fingerprint density at radius 3 is 2.79 bits per heavy atom. The Balaban J connectivity index is 2.17. The van der Waals surface area contributed by atoms with Gasteiger partial charge in [-0.2, -0.15) is 0 Å². The van der Waals surface area contributed by atoms with Crippen LogP contribution in [0.15, 0.2) is 41.8 Å². The van der Waals surface area contributed by atoms with Gasteiger partial charge < -0.3 is 9.84 Å². The van der Waals surface area contributed by atoms with Gasteiger partial charge in [-0.1, -0.05) is 24.3 Å². The van der Waals surface area contributed by atoms with Crippen molar-refractivity contribution in [3.05, 3.63) is 52.2 Å². The highest BCUT2D eigenvalue weighted by atomic mass is 32.1. The SMILES string of the molecule is COc1ccccc1C(NCc1cccs1)C(=O)O.